The molecule has 1 aromatic heterocycles. The van der Waals surface area contributed by atoms with Crippen LogP contribution in [0.2, 0.25) is 0 Å². The van der Waals surface area contributed by atoms with Crippen LogP contribution in [0, 0.1) is 0 Å². The molecule has 0 amide bonds. The molecule has 1 aliphatic heterocycles. The summed E-state index contributed by atoms with van der Waals surface area (Å²) in [7, 11) is 1.38. The Morgan fingerprint density at radius 2 is 1.94 bits per heavy atom. The van der Waals surface area contributed by atoms with Crippen LogP contribution in [0.3, 0.4) is 0 Å². The van der Waals surface area contributed by atoms with E-state index in [1.807, 2.05) is 42.5 Å². The number of carbonyl (C=O) groups is 1. The zero-order valence-corrected chi connectivity index (χ0v) is 18.5. The van der Waals surface area contributed by atoms with Gasteiger partial charge in [0.15, 0.2) is 0 Å². The fraction of sp³-hybridized carbons (Fsp3) is 0.261. The number of anilines is 4. The van der Waals surface area contributed by atoms with E-state index >= 15 is 0 Å². The lowest BCUT2D eigenvalue weighted by Crippen LogP contribution is -2.28. The molecule has 3 aromatic rings. The SMILES string of the molecule is COC(=O)c1cc(Nc2nccc(Sc3ccc(N)cc3)n2)ccc1NC1CCOCC1. The largest absolute Gasteiger partial charge is 0.465 e. The lowest BCUT2D eigenvalue weighted by atomic mass is 10.1. The second-order valence-electron chi connectivity index (χ2n) is 7.30. The molecular formula is C23H25N5O3S. The number of hydrogen-bond donors (Lipinski definition) is 3. The first-order chi connectivity index (χ1) is 15.6. The number of esters is 1. The average Bonchev–Trinajstić information content (AvgIpc) is 2.82. The van der Waals surface area contributed by atoms with Crippen molar-refractivity contribution in [1.82, 2.24) is 9.97 Å². The van der Waals surface area contributed by atoms with Crippen LogP contribution >= 0.6 is 11.8 Å². The third kappa shape index (κ3) is 5.68. The summed E-state index contributed by atoms with van der Waals surface area (Å²) in [4.78, 5) is 22.3. The first-order valence-corrected chi connectivity index (χ1v) is 11.1. The van der Waals surface area contributed by atoms with Gasteiger partial charge in [-0.1, -0.05) is 11.8 Å². The fourth-order valence-corrected chi connectivity index (χ4v) is 4.11. The molecule has 166 valence electrons. The Morgan fingerprint density at radius 1 is 1.16 bits per heavy atom. The summed E-state index contributed by atoms with van der Waals surface area (Å²) in [5.74, 6) is 0.0307. The highest BCUT2D eigenvalue weighted by molar-refractivity contribution is 7.99. The van der Waals surface area contributed by atoms with E-state index < -0.39 is 5.97 Å². The molecule has 0 aliphatic carbocycles. The minimum absolute atomic E-state index is 0.261. The Bertz CT molecular complexity index is 1070. The number of nitrogen functional groups attached to an aromatic ring is 1. The maximum Gasteiger partial charge on any atom is 0.340 e. The molecule has 0 bridgehead atoms. The molecule has 1 saturated heterocycles. The summed E-state index contributed by atoms with van der Waals surface area (Å²) in [5.41, 5.74) is 8.35. The number of rotatable bonds is 7. The smallest absolute Gasteiger partial charge is 0.340 e. The van der Waals surface area contributed by atoms with Gasteiger partial charge in [-0.25, -0.2) is 14.8 Å². The van der Waals surface area contributed by atoms with Crippen LogP contribution in [0.15, 0.2) is 64.6 Å². The van der Waals surface area contributed by atoms with Crippen molar-refractivity contribution in [2.24, 2.45) is 0 Å². The van der Waals surface area contributed by atoms with Crippen molar-refractivity contribution in [2.75, 3.05) is 36.7 Å². The van der Waals surface area contributed by atoms with Crippen LogP contribution in [0.1, 0.15) is 23.2 Å². The van der Waals surface area contributed by atoms with Crippen LogP contribution in [-0.2, 0) is 9.47 Å². The molecule has 4 rings (SSSR count). The minimum atomic E-state index is -0.406. The molecule has 32 heavy (non-hydrogen) atoms. The highest BCUT2D eigenvalue weighted by atomic mass is 32.2. The third-order valence-corrected chi connectivity index (χ3v) is 5.94. The van der Waals surface area contributed by atoms with E-state index in [1.165, 1.54) is 18.9 Å². The fourth-order valence-electron chi connectivity index (χ4n) is 3.33. The topological polar surface area (TPSA) is 111 Å². The first kappa shape index (κ1) is 21.9. The molecule has 0 radical (unpaired) electrons. The van der Waals surface area contributed by atoms with E-state index in [0.29, 0.717) is 30.4 Å². The van der Waals surface area contributed by atoms with E-state index in [9.17, 15) is 4.79 Å². The normalized spacial score (nSPS) is 14.0. The third-order valence-electron chi connectivity index (χ3n) is 4.99. The molecule has 0 saturated carbocycles. The Labute approximate surface area is 190 Å². The number of nitrogens with two attached hydrogens (primary N) is 1. The van der Waals surface area contributed by atoms with Crippen LogP contribution in [-0.4, -0.2) is 42.3 Å². The molecule has 0 atom stereocenters. The summed E-state index contributed by atoms with van der Waals surface area (Å²) in [6, 6.07) is 15.2. The van der Waals surface area contributed by atoms with Gasteiger partial charge in [0.2, 0.25) is 5.95 Å². The van der Waals surface area contributed by atoms with Crippen molar-refractivity contribution in [3.8, 4) is 0 Å². The number of nitrogens with one attached hydrogen (secondary N) is 2. The monoisotopic (exact) mass is 451 g/mol. The predicted octanol–water partition coefficient (Wildman–Crippen LogP) is 4.33. The molecule has 1 fully saturated rings. The quantitative estimate of drug-likeness (QED) is 0.274. The van der Waals surface area contributed by atoms with Gasteiger partial charge in [0.25, 0.3) is 0 Å². The van der Waals surface area contributed by atoms with Gasteiger partial charge in [-0.15, -0.1) is 0 Å². The van der Waals surface area contributed by atoms with Gasteiger partial charge in [0.1, 0.15) is 5.03 Å². The van der Waals surface area contributed by atoms with Crippen LogP contribution in [0.4, 0.5) is 23.0 Å². The molecule has 0 unspecified atom stereocenters. The Hall–Kier alpha value is -3.30. The zero-order chi connectivity index (χ0) is 22.3. The number of hydrogen-bond acceptors (Lipinski definition) is 9. The van der Waals surface area contributed by atoms with Gasteiger partial charge in [-0.05, 0) is 61.4 Å². The summed E-state index contributed by atoms with van der Waals surface area (Å²) in [6.45, 7) is 1.43. The minimum Gasteiger partial charge on any atom is -0.465 e. The number of ether oxygens (including phenoxy) is 2. The first-order valence-electron chi connectivity index (χ1n) is 10.3. The lowest BCUT2D eigenvalue weighted by Gasteiger charge is -2.25. The summed E-state index contributed by atoms with van der Waals surface area (Å²) < 4.78 is 10.4. The molecule has 1 aliphatic rings. The van der Waals surface area contributed by atoms with Gasteiger partial charge >= 0.3 is 5.97 Å². The zero-order valence-electron chi connectivity index (χ0n) is 17.7. The lowest BCUT2D eigenvalue weighted by molar-refractivity contribution is 0.0601. The van der Waals surface area contributed by atoms with Crippen LogP contribution in [0.25, 0.3) is 0 Å². The van der Waals surface area contributed by atoms with Crippen molar-refractivity contribution < 1.29 is 14.3 Å². The molecular weight excluding hydrogens is 426 g/mol. The van der Waals surface area contributed by atoms with Crippen molar-refractivity contribution in [1.29, 1.82) is 0 Å². The van der Waals surface area contributed by atoms with E-state index in [-0.39, 0.29) is 6.04 Å². The van der Waals surface area contributed by atoms with Gasteiger partial charge in [-0.2, -0.15) is 0 Å². The summed E-state index contributed by atoms with van der Waals surface area (Å²) in [6.07, 6.45) is 3.48. The number of aromatic nitrogens is 2. The van der Waals surface area contributed by atoms with Gasteiger partial charge in [0.05, 0.1) is 12.7 Å². The molecule has 2 heterocycles. The number of benzene rings is 2. The van der Waals surface area contributed by atoms with Crippen molar-refractivity contribution in [3.63, 3.8) is 0 Å². The van der Waals surface area contributed by atoms with E-state index in [2.05, 4.69) is 20.6 Å². The molecule has 2 aromatic carbocycles. The molecule has 0 spiro atoms. The second kappa shape index (κ2) is 10.3. The Kier molecular flexibility index (Phi) is 7.08. The predicted molar refractivity (Wildman–Crippen MR) is 126 cm³/mol. The number of carbonyl (C=O) groups excluding carboxylic acids is 1. The van der Waals surface area contributed by atoms with Crippen molar-refractivity contribution in [2.45, 2.75) is 28.8 Å². The molecule has 4 N–H and O–H groups in total. The standard InChI is InChI=1S/C23H25N5O3S/c1-30-22(29)19-14-17(4-7-20(19)26-16-9-12-31-13-10-16)27-23-25-11-8-21(28-23)32-18-5-2-15(24)3-6-18/h2-8,11,14,16,26H,9-10,12-13,24H2,1H3,(H,25,27,28). The van der Waals surface area contributed by atoms with Gasteiger partial charge in [-0.3, -0.25) is 0 Å². The van der Waals surface area contributed by atoms with Crippen molar-refractivity contribution in [3.05, 3.63) is 60.3 Å². The Balaban J connectivity index is 1.50. The van der Waals surface area contributed by atoms with Gasteiger partial charge in [0, 0.05) is 47.4 Å². The van der Waals surface area contributed by atoms with E-state index in [1.54, 1.807) is 12.3 Å². The van der Waals surface area contributed by atoms with Crippen molar-refractivity contribution >= 4 is 40.7 Å². The van der Waals surface area contributed by atoms with E-state index in [4.69, 9.17) is 15.2 Å². The summed E-state index contributed by atoms with van der Waals surface area (Å²) in [5, 5.41) is 7.41. The number of nitrogens with zero attached hydrogens (tertiary/aromatic N) is 2. The second-order valence-corrected chi connectivity index (χ2v) is 8.39. The number of methoxy groups -OCH3 is 1. The Morgan fingerprint density at radius 3 is 2.69 bits per heavy atom. The van der Waals surface area contributed by atoms with E-state index in [0.717, 1.165) is 34.1 Å². The molecule has 9 heteroatoms. The summed E-state index contributed by atoms with van der Waals surface area (Å²) >= 11 is 1.51. The average molecular weight is 452 g/mol. The highest BCUT2D eigenvalue weighted by Gasteiger charge is 2.18. The maximum absolute atomic E-state index is 12.4. The highest BCUT2D eigenvalue weighted by Crippen LogP contribution is 2.29. The molecule has 8 nitrogen and oxygen atoms in total. The van der Waals surface area contributed by atoms with Crippen LogP contribution in [0.5, 0.6) is 0 Å². The maximum atomic E-state index is 12.4. The van der Waals surface area contributed by atoms with Gasteiger partial charge < -0.3 is 25.8 Å². The van der Waals surface area contributed by atoms with Crippen LogP contribution < -0.4 is 16.4 Å².